The van der Waals surface area contributed by atoms with Crippen LogP contribution in [0.4, 0.5) is 4.79 Å². The summed E-state index contributed by atoms with van der Waals surface area (Å²) in [4.78, 5) is 37.2. The monoisotopic (exact) mass is 554 g/mol. The second-order valence-corrected chi connectivity index (χ2v) is 13.3. The van der Waals surface area contributed by atoms with Gasteiger partial charge in [0, 0.05) is 6.54 Å². The Kier molecular flexibility index (Phi) is 9.79. The summed E-state index contributed by atoms with van der Waals surface area (Å²) in [5.41, 5.74) is 0.395. The van der Waals surface area contributed by atoms with E-state index in [1.807, 2.05) is 0 Å². The van der Waals surface area contributed by atoms with Crippen LogP contribution in [-0.4, -0.2) is 76.9 Å². The average Bonchev–Trinajstić information content (AvgIpc) is 2.99. The van der Waals surface area contributed by atoms with Gasteiger partial charge in [-0.25, -0.2) is 26.8 Å². The van der Waals surface area contributed by atoms with E-state index < -0.39 is 55.3 Å². The number of esters is 2. The molecule has 0 aromatic carbocycles. The highest BCUT2D eigenvalue weighted by Crippen LogP contribution is 2.48. The molecule has 3 atom stereocenters. The van der Waals surface area contributed by atoms with Gasteiger partial charge >= 0.3 is 18.0 Å². The van der Waals surface area contributed by atoms with Crippen molar-refractivity contribution in [2.24, 2.45) is 5.14 Å². The lowest BCUT2D eigenvalue weighted by Crippen LogP contribution is -2.43. The van der Waals surface area contributed by atoms with E-state index in [1.165, 1.54) is 24.8 Å². The van der Waals surface area contributed by atoms with E-state index in [2.05, 4.69) is 0 Å². The molecule has 0 saturated carbocycles. The molecule has 0 bridgehead atoms. The van der Waals surface area contributed by atoms with Crippen molar-refractivity contribution in [1.29, 1.82) is 0 Å². The van der Waals surface area contributed by atoms with E-state index in [-0.39, 0.29) is 47.5 Å². The minimum Gasteiger partial charge on any atom is -0.466 e. The Morgan fingerprint density at radius 2 is 1.80 bits per heavy atom. The van der Waals surface area contributed by atoms with Crippen LogP contribution >= 0.6 is 11.8 Å². The highest BCUT2D eigenvalue weighted by Gasteiger charge is 2.45. The molecule has 15 heteroatoms. The number of sulfone groups is 1. The summed E-state index contributed by atoms with van der Waals surface area (Å²) in [6.45, 7) is 6.26. The molecule has 2 heterocycles. The summed E-state index contributed by atoms with van der Waals surface area (Å²) < 4.78 is 64.1. The number of likely N-dealkylation sites (N-methyl/N-ethyl adjacent to an activating group) is 1. The summed E-state index contributed by atoms with van der Waals surface area (Å²) in [5.74, 6) is -1.20. The first kappa shape index (κ1) is 29.1. The molecular weight excluding hydrogens is 524 g/mol. The standard InChI is InChI=1S/C20H30N2O10S3/c1-5-22(20(25)32-12(3)11-31-17(24)8-7-16(23)30-6-2)15-10-18(35(21,28)29)33-19-14(15)9-13(4)34(19,26)27/h10,12-13,15H,5-9,11H2,1-4H3,(H2,21,28,29)/t12?,13-,15-/m0/s1. The zero-order valence-corrected chi connectivity index (χ0v) is 22.3. The van der Waals surface area contributed by atoms with Crippen LogP contribution in [0.1, 0.15) is 47.0 Å². The predicted octanol–water partition coefficient (Wildman–Crippen LogP) is 1.38. The van der Waals surface area contributed by atoms with Gasteiger partial charge in [0.1, 0.15) is 21.2 Å². The molecule has 198 valence electrons. The van der Waals surface area contributed by atoms with Gasteiger partial charge in [-0.3, -0.25) is 14.5 Å². The number of hydrogen-bond donors (Lipinski definition) is 1. The van der Waals surface area contributed by atoms with Crippen molar-refractivity contribution < 1.29 is 45.4 Å². The fourth-order valence-corrected chi connectivity index (χ4v) is 7.92. The second-order valence-electron chi connectivity index (χ2n) is 7.92. The molecular formula is C20H30N2O10S3. The Morgan fingerprint density at radius 1 is 1.20 bits per heavy atom. The Balaban J connectivity index is 2.11. The molecule has 1 amide bonds. The maximum Gasteiger partial charge on any atom is 0.410 e. The Labute approximate surface area is 209 Å². The third-order valence-corrected chi connectivity index (χ3v) is 10.6. The highest BCUT2D eigenvalue weighted by atomic mass is 32.3. The number of sulfonamides is 1. The lowest BCUT2D eigenvalue weighted by Gasteiger charge is -2.32. The van der Waals surface area contributed by atoms with E-state index >= 15 is 0 Å². The fraction of sp³-hybridized carbons (Fsp3) is 0.650. The Bertz CT molecular complexity index is 1130. The summed E-state index contributed by atoms with van der Waals surface area (Å²) in [7, 11) is -8.00. The van der Waals surface area contributed by atoms with E-state index in [0.29, 0.717) is 17.3 Å². The number of carbonyl (C=O) groups is 3. The van der Waals surface area contributed by atoms with Crippen LogP contribution in [0, 0.1) is 0 Å². The van der Waals surface area contributed by atoms with Crippen LogP contribution in [0.3, 0.4) is 0 Å². The average molecular weight is 555 g/mol. The molecule has 2 N–H and O–H groups in total. The first-order valence-electron chi connectivity index (χ1n) is 10.9. The summed E-state index contributed by atoms with van der Waals surface area (Å²) in [6.07, 6.45) is -0.679. The van der Waals surface area contributed by atoms with Gasteiger partial charge < -0.3 is 14.2 Å². The van der Waals surface area contributed by atoms with Gasteiger partial charge in [0.2, 0.25) is 10.0 Å². The molecule has 0 aliphatic carbocycles. The minimum absolute atomic E-state index is 0.0693. The van der Waals surface area contributed by atoms with Crippen LogP contribution in [0.2, 0.25) is 0 Å². The van der Waals surface area contributed by atoms with Crippen LogP contribution in [0.15, 0.2) is 20.1 Å². The third kappa shape index (κ3) is 7.21. The second kappa shape index (κ2) is 11.8. The van der Waals surface area contributed by atoms with Crippen molar-refractivity contribution in [3.63, 3.8) is 0 Å². The number of amides is 1. The largest absolute Gasteiger partial charge is 0.466 e. The summed E-state index contributed by atoms with van der Waals surface area (Å²) >= 11 is 0.569. The van der Waals surface area contributed by atoms with Crippen LogP contribution in [0.5, 0.6) is 0 Å². The van der Waals surface area contributed by atoms with Gasteiger partial charge in [-0.15, -0.1) is 0 Å². The molecule has 0 aromatic heterocycles. The van der Waals surface area contributed by atoms with E-state index in [1.54, 1.807) is 13.8 Å². The number of carbonyl (C=O) groups excluding carboxylic acids is 3. The normalized spacial score (nSPS) is 22.0. The quantitative estimate of drug-likeness (QED) is 0.305. The molecule has 0 spiro atoms. The number of nitrogens with two attached hydrogens (primary N) is 1. The molecule has 2 rings (SSSR count). The van der Waals surface area contributed by atoms with E-state index in [4.69, 9.17) is 19.3 Å². The highest BCUT2D eigenvalue weighted by molar-refractivity contribution is 8.27. The maximum absolute atomic E-state index is 12.9. The van der Waals surface area contributed by atoms with Crippen LogP contribution < -0.4 is 5.14 Å². The van der Waals surface area contributed by atoms with Crippen molar-refractivity contribution in [2.45, 2.75) is 64.4 Å². The van der Waals surface area contributed by atoms with Crippen LogP contribution in [-0.2, 0) is 43.7 Å². The number of hydrogen-bond acceptors (Lipinski definition) is 11. The smallest absolute Gasteiger partial charge is 0.410 e. The molecule has 2 aliphatic rings. The number of ether oxygens (including phenoxy) is 3. The van der Waals surface area contributed by atoms with Crippen molar-refractivity contribution in [3.8, 4) is 0 Å². The maximum atomic E-state index is 12.9. The number of nitrogens with zero attached hydrogens (tertiary/aromatic N) is 1. The minimum atomic E-state index is -4.23. The van der Waals surface area contributed by atoms with Gasteiger partial charge in [0.05, 0.1) is 30.7 Å². The first-order valence-corrected chi connectivity index (χ1v) is 14.8. The zero-order chi connectivity index (χ0) is 26.6. The Hall–Kier alpha value is -2.10. The van der Waals surface area contributed by atoms with E-state index in [0.717, 1.165) is 0 Å². The molecule has 2 aliphatic heterocycles. The Morgan fingerprint density at radius 3 is 2.34 bits per heavy atom. The number of thioether (sulfide) groups is 1. The fourth-order valence-electron chi connectivity index (χ4n) is 3.45. The lowest BCUT2D eigenvalue weighted by molar-refractivity contribution is -0.151. The molecule has 0 fully saturated rings. The van der Waals surface area contributed by atoms with Crippen molar-refractivity contribution >= 4 is 49.7 Å². The first-order chi connectivity index (χ1) is 16.2. The van der Waals surface area contributed by atoms with Crippen LogP contribution in [0.25, 0.3) is 0 Å². The topological polar surface area (TPSA) is 176 Å². The van der Waals surface area contributed by atoms with Crippen molar-refractivity contribution in [3.05, 3.63) is 20.1 Å². The summed E-state index contributed by atoms with van der Waals surface area (Å²) in [5, 5.41) is 4.48. The predicted molar refractivity (Wildman–Crippen MR) is 128 cm³/mol. The van der Waals surface area contributed by atoms with Gasteiger partial charge in [-0.05, 0) is 45.8 Å². The molecule has 0 aromatic rings. The van der Waals surface area contributed by atoms with Gasteiger partial charge in [0.15, 0.2) is 9.84 Å². The summed E-state index contributed by atoms with van der Waals surface area (Å²) in [6, 6.07) is -0.990. The SMILES string of the molecule is CCOC(=O)CCC(=O)OCC(C)OC(=O)N(CC)[C@H]1C=C(S(N)(=O)=O)SC2=C1C[C@H](C)S2(=O)=O. The van der Waals surface area contributed by atoms with Crippen molar-refractivity contribution in [2.75, 3.05) is 19.8 Å². The van der Waals surface area contributed by atoms with Gasteiger partial charge in [0.25, 0.3) is 0 Å². The molecule has 12 nitrogen and oxygen atoms in total. The van der Waals surface area contributed by atoms with Crippen molar-refractivity contribution in [1.82, 2.24) is 4.90 Å². The molecule has 0 radical (unpaired) electrons. The molecule has 35 heavy (non-hydrogen) atoms. The molecule has 0 saturated heterocycles. The van der Waals surface area contributed by atoms with E-state index in [9.17, 15) is 31.2 Å². The number of primary sulfonamides is 1. The third-order valence-electron chi connectivity index (χ3n) is 5.21. The molecule has 1 unspecified atom stereocenters. The van der Waals surface area contributed by atoms with Gasteiger partial charge in [-0.1, -0.05) is 11.8 Å². The zero-order valence-electron chi connectivity index (χ0n) is 19.9. The number of rotatable bonds is 10. The lowest BCUT2D eigenvalue weighted by atomic mass is 10.0. The van der Waals surface area contributed by atoms with Gasteiger partial charge in [-0.2, -0.15) is 0 Å².